The summed E-state index contributed by atoms with van der Waals surface area (Å²) in [4.78, 5) is 0. The molecule has 1 atom stereocenters. The highest BCUT2D eigenvalue weighted by Gasteiger charge is 2.11. The van der Waals surface area contributed by atoms with E-state index in [-0.39, 0.29) is 0 Å². The Kier molecular flexibility index (Phi) is 6.90. The molecule has 1 unspecified atom stereocenters. The second-order valence-corrected chi connectivity index (χ2v) is 4.37. The Hall–Kier alpha value is -0.860. The lowest BCUT2D eigenvalue weighted by Crippen LogP contribution is -2.23. The maximum Gasteiger partial charge on any atom is 0.0484 e. The Labute approximate surface area is 105 Å². The third-order valence-corrected chi connectivity index (χ3v) is 2.91. The maximum absolute atomic E-state index is 5.58. The van der Waals surface area contributed by atoms with E-state index >= 15 is 0 Å². The van der Waals surface area contributed by atoms with Crippen molar-refractivity contribution < 1.29 is 4.74 Å². The molecule has 1 aromatic rings. The van der Waals surface area contributed by atoms with Crippen molar-refractivity contribution in [2.24, 2.45) is 0 Å². The molecule has 0 aliphatic carbocycles. The molecule has 0 spiro atoms. The van der Waals surface area contributed by atoms with Crippen molar-refractivity contribution in [2.75, 3.05) is 19.8 Å². The predicted molar refractivity (Wildman–Crippen MR) is 73.3 cm³/mol. The van der Waals surface area contributed by atoms with E-state index in [9.17, 15) is 0 Å². The van der Waals surface area contributed by atoms with Crippen molar-refractivity contribution in [2.45, 2.75) is 39.7 Å². The van der Waals surface area contributed by atoms with Crippen LogP contribution in [0.2, 0.25) is 0 Å². The van der Waals surface area contributed by atoms with Gasteiger partial charge < -0.3 is 10.1 Å². The van der Waals surface area contributed by atoms with Crippen molar-refractivity contribution in [1.29, 1.82) is 0 Å². The van der Waals surface area contributed by atoms with E-state index in [4.69, 9.17) is 4.74 Å². The first-order valence-electron chi connectivity index (χ1n) is 6.66. The number of ether oxygens (including phenoxy) is 1. The van der Waals surface area contributed by atoms with Crippen molar-refractivity contribution in [1.82, 2.24) is 5.32 Å². The zero-order chi connectivity index (χ0) is 12.5. The number of hydrogen-bond acceptors (Lipinski definition) is 2. The van der Waals surface area contributed by atoms with Crippen molar-refractivity contribution in [3.8, 4) is 0 Å². The molecule has 0 amide bonds. The molecule has 1 aromatic carbocycles. The zero-order valence-electron chi connectivity index (χ0n) is 11.3. The predicted octanol–water partition coefficient (Wildman–Crippen LogP) is 3.46. The molecule has 1 N–H and O–H groups in total. The molecule has 0 saturated heterocycles. The van der Waals surface area contributed by atoms with Gasteiger partial charge in [-0.25, -0.2) is 0 Å². The smallest absolute Gasteiger partial charge is 0.0484 e. The van der Waals surface area contributed by atoms with Gasteiger partial charge in [0.05, 0.1) is 0 Å². The van der Waals surface area contributed by atoms with Gasteiger partial charge in [0.2, 0.25) is 0 Å². The molecule has 2 heteroatoms. The van der Waals surface area contributed by atoms with Crippen LogP contribution in [-0.4, -0.2) is 19.8 Å². The quantitative estimate of drug-likeness (QED) is 0.697. The van der Waals surface area contributed by atoms with Gasteiger partial charge in [-0.1, -0.05) is 38.1 Å². The molecule has 0 saturated carbocycles. The van der Waals surface area contributed by atoms with Crippen LogP contribution in [-0.2, 0) is 4.74 Å². The van der Waals surface area contributed by atoms with Gasteiger partial charge in [-0.05, 0) is 37.4 Å². The molecular weight excluding hydrogens is 210 g/mol. The van der Waals surface area contributed by atoms with Crippen LogP contribution in [0.5, 0.6) is 0 Å². The average molecular weight is 235 g/mol. The van der Waals surface area contributed by atoms with Crippen LogP contribution in [0.4, 0.5) is 0 Å². The first-order chi connectivity index (χ1) is 8.29. The molecule has 0 aliphatic heterocycles. The number of rotatable bonds is 8. The summed E-state index contributed by atoms with van der Waals surface area (Å²) in [7, 11) is 0. The van der Waals surface area contributed by atoms with E-state index in [0.29, 0.717) is 6.04 Å². The fourth-order valence-electron chi connectivity index (χ4n) is 2.04. The highest BCUT2D eigenvalue weighted by molar-refractivity contribution is 5.28. The topological polar surface area (TPSA) is 21.3 Å². The summed E-state index contributed by atoms with van der Waals surface area (Å²) in [5, 5.41) is 3.54. The fraction of sp³-hybridized carbons (Fsp3) is 0.600. The molecule has 0 radical (unpaired) electrons. The van der Waals surface area contributed by atoms with E-state index in [1.54, 1.807) is 0 Å². The molecule has 0 bridgehead atoms. The molecular formula is C15H25NO. The summed E-state index contributed by atoms with van der Waals surface area (Å²) in [6.07, 6.45) is 2.13. The third kappa shape index (κ3) is 4.88. The van der Waals surface area contributed by atoms with Crippen molar-refractivity contribution >= 4 is 0 Å². The summed E-state index contributed by atoms with van der Waals surface area (Å²) in [6, 6.07) is 9.00. The summed E-state index contributed by atoms with van der Waals surface area (Å²) in [5.74, 6) is 0. The largest absolute Gasteiger partial charge is 0.381 e. The average Bonchev–Trinajstić information content (AvgIpc) is 2.34. The van der Waals surface area contributed by atoms with Crippen LogP contribution in [0, 0.1) is 6.92 Å². The van der Waals surface area contributed by atoms with Gasteiger partial charge in [0, 0.05) is 19.3 Å². The summed E-state index contributed by atoms with van der Waals surface area (Å²) < 4.78 is 5.58. The summed E-state index contributed by atoms with van der Waals surface area (Å²) in [5.41, 5.74) is 2.75. The Morgan fingerprint density at radius 2 is 1.94 bits per heavy atom. The first kappa shape index (κ1) is 14.2. The Balaban J connectivity index is 2.56. The van der Waals surface area contributed by atoms with E-state index in [0.717, 1.165) is 32.6 Å². The van der Waals surface area contributed by atoms with Crippen LogP contribution >= 0.6 is 0 Å². The summed E-state index contributed by atoms with van der Waals surface area (Å²) in [6.45, 7) is 9.16. The molecule has 17 heavy (non-hydrogen) atoms. The van der Waals surface area contributed by atoms with Crippen LogP contribution in [0.15, 0.2) is 24.3 Å². The Morgan fingerprint density at radius 1 is 1.18 bits per heavy atom. The molecule has 96 valence electrons. The van der Waals surface area contributed by atoms with Gasteiger partial charge in [-0.15, -0.1) is 0 Å². The second kappa shape index (κ2) is 8.26. The number of hydrogen-bond donors (Lipinski definition) is 1. The lowest BCUT2D eigenvalue weighted by Gasteiger charge is -2.20. The molecule has 0 fully saturated rings. The molecule has 0 aliphatic rings. The number of aryl methyl sites for hydroxylation is 1. The Bertz CT molecular complexity index is 312. The molecule has 1 rings (SSSR count). The minimum atomic E-state index is 0.415. The SMILES string of the molecule is CCCOCCC(NCC)c1ccccc1C. The van der Waals surface area contributed by atoms with Crippen LogP contribution in [0.1, 0.15) is 43.9 Å². The molecule has 0 aromatic heterocycles. The maximum atomic E-state index is 5.58. The van der Waals surface area contributed by atoms with Gasteiger partial charge in [0.15, 0.2) is 0 Å². The fourth-order valence-corrected chi connectivity index (χ4v) is 2.04. The lowest BCUT2D eigenvalue weighted by atomic mass is 9.99. The van der Waals surface area contributed by atoms with Crippen LogP contribution in [0.25, 0.3) is 0 Å². The zero-order valence-corrected chi connectivity index (χ0v) is 11.3. The standard InChI is InChI=1S/C15H25NO/c1-4-11-17-12-10-15(16-5-2)14-9-7-6-8-13(14)3/h6-9,15-16H,4-5,10-12H2,1-3H3. The van der Waals surface area contributed by atoms with Gasteiger partial charge in [0.25, 0.3) is 0 Å². The van der Waals surface area contributed by atoms with E-state index < -0.39 is 0 Å². The molecule has 2 nitrogen and oxygen atoms in total. The third-order valence-electron chi connectivity index (χ3n) is 2.91. The monoisotopic (exact) mass is 235 g/mol. The van der Waals surface area contributed by atoms with Crippen molar-refractivity contribution in [3.63, 3.8) is 0 Å². The highest BCUT2D eigenvalue weighted by atomic mass is 16.5. The van der Waals surface area contributed by atoms with Crippen LogP contribution in [0.3, 0.4) is 0 Å². The Morgan fingerprint density at radius 3 is 2.59 bits per heavy atom. The van der Waals surface area contributed by atoms with Crippen LogP contribution < -0.4 is 5.32 Å². The van der Waals surface area contributed by atoms with Gasteiger partial charge in [-0.2, -0.15) is 0 Å². The lowest BCUT2D eigenvalue weighted by molar-refractivity contribution is 0.124. The van der Waals surface area contributed by atoms with Gasteiger partial charge in [0.1, 0.15) is 0 Å². The minimum Gasteiger partial charge on any atom is -0.381 e. The second-order valence-electron chi connectivity index (χ2n) is 4.37. The van der Waals surface area contributed by atoms with E-state index in [1.807, 2.05) is 0 Å². The molecule has 0 heterocycles. The highest BCUT2D eigenvalue weighted by Crippen LogP contribution is 2.20. The number of nitrogens with one attached hydrogen (secondary N) is 1. The number of benzene rings is 1. The summed E-state index contributed by atoms with van der Waals surface area (Å²) >= 11 is 0. The minimum absolute atomic E-state index is 0.415. The first-order valence-corrected chi connectivity index (χ1v) is 6.66. The van der Waals surface area contributed by atoms with Gasteiger partial charge >= 0.3 is 0 Å². The van der Waals surface area contributed by atoms with Gasteiger partial charge in [-0.3, -0.25) is 0 Å². The van der Waals surface area contributed by atoms with Crippen molar-refractivity contribution in [3.05, 3.63) is 35.4 Å². The van der Waals surface area contributed by atoms with E-state index in [2.05, 4.69) is 50.4 Å². The van der Waals surface area contributed by atoms with E-state index in [1.165, 1.54) is 11.1 Å². The normalized spacial score (nSPS) is 12.6.